The van der Waals surface area contributed by atoms with E-state index in [2.05, 4.69) is 32.3 Å². The average Bonchev–Trinajstić information content (AvgIpc) is 1.97. The van der Waals surface area contributed by atoms with E-state index in [1.54, 1.807) is 0 Å². The molecule has 0 saturated carbocycles. The van der Waals surface area contributed by atoms with E-state index < -0.39 is 0 Å². The topological polar surface area (TPSA) is 3.01 Å². The average molecular weight is 156 g/mol. The summed E-state index contributed by atoms with van der Waals surface area (Å²) in [6.45, 7) is 11.3. The summed E-state index contributed by atoms with van der Waals surface area (Å²) in [6, 6.07) is 0. The van der Waals surface area contributed by atoms with Crippen molar-refractivity contribution >= 4 is 5.71 Å². The molecule has 0 N–H and O–H groups in total. The molecule has 0 amide bonds. The lowest BCUT2D eigenvalue weighted by molar-refractivity contribution is -0.529. The molecular weight excluding hydrogens is 134 g/mol. The highest BCUT2D eigenvalue weighted by Crippen LogP contribution is 1.91. The third kappa shape index (κ3) is 5.00. The summed E-state index contributed by atoms with van der Waals surface area (Å²) in [5.74, 6) is 0. The Labute approximate surface area is 71.1 Å². The van der Waals surface area contributed by atoms with Crippen LogP contribution in [0, 0.1) is 0 Å². The van der Waals surface area contributed by atoms with Crippen LogP contribution >= 0.6 is 0 Å². The van der Waals surface area contributed by atoms with Crippen molar-refractivity contribution in [3.05, 3.63) is 0 Å². The first-order chi connectivity index (χ1) is 5.22. The lowest BCUT2D eigenvalue weighted by atomic mass is 10.3. The monoisotopic (exact) mass is 156 g/mol. The first kappa shape index (κ1) is 10.7. The van der Waals surface area contributed by atoms with Gasteiger partial charge < -0.3 is 0 Å². The van der Waals surface area contributed by atoms with Crippen molar-refractivity contribution in [1.82, 2.24) is 0 Å². The highest BCUT2D eigenvalue weighted by atomic mass is 15.0. The molecule has 0 aliphatic carbocycles. The minimum Gasteiger partial charge on any atom is -0.238 e. The maximum atomic E-state index is 2.48. The van der Waals surface area contributed by atoms with E-state index in [1.165, 1.54) is 38.1 Å². The number of nitrogens with zero attached hydrogens (tertiary/aromatic N) is 1. The minimum atomic E-state index is 1.22. The molecule has 0 aromatic carbocycles. The summed E-state index contributed by atoms with van der Waals surface area (Å²) in [5, 5.41) is 0. The van der Waals surface area contributed by atoms with Crippen LogP contribution in [0.15, 0.2) is 0 Å². The van der Waals surface area contributed by atoms with E-state index in [0.717, 1.165) is 0 Å². The molecule has 0 spiro atoms. The van der Waals surface area contributed by atoms with Crippen molar-refractivity contribution < 1.29 is 4.58 Å². The maximum absolute atomic E-state index is 2.48. The highest BCUT2D eigenvalue weighted by molar-refractivity contribution is 5.73. The standard InChI is InChI=1S/C10H22N/c1-5-7-9-11(8-6-2)10(3)4/h5-9H2,1-4H3/q+1. The molecule has 66 valence electrons. The molecule has 0 unspecified atom stereocenters. The molecule has 0 aromatic rings. The Balaban J connectivity index is 3.81. The molecule has 0 bridgehead atoms. The zero-order valence-corrected chi connectivity index (χ0v) is 8.48. The predicted molar refractivity (Wildman–Crippen MR) is 51.5 cm³/mol. The van der Waals surface area contributed by atoms with Gasteiger partial charge in [-0.1, -0.05) is 20.3 Å². The van der Waals surface area contributed by atoms with Crippen LogP contribution in [-0.2, 0) is 0 Å². The van der Waals surface area contributed by atoms with Gasteiger partial charge in [0.1, 0.15) is 18.8 Å². The van der Waals surface area contributed by atoms with Gasteiger partial charge in [0.2, 0.25) is 0 Å². The zero-order chi connectivity index (χ0) is 8.69. The fraction of sp³-hybridized carbons (Fsp3) is 0.900. The Morgan fingerprint density at radius 1 is 1.00 bits per heavy atom. The lowest BCUT2D eigenvalue weighted by Crippen LogP contribution is -2.19. The predicted octanol–water partition coefficient (Wildman–Crippen LogP) is 2.69. The minimum absolute atomic E-state index is 1.22. The van der Waals surface area contributed by atoms with Gasteiger partial charge >= 0.3 is 0 Å². The first-order valence-corrected chi connectivity index (χ1v) is 4.77. The summed E-state index contributed by atoms with van der Waals surface area (Å²) in [6.07, 6.45) is 3.88. The molecule has 1 heteroatoms. The van der Waals surface area contributed by atoms with E-state index >= 15 is 0 Å². The van der Waals surface area contributed by atoms with Gasteiger partial charge in [0.15, 0.2) is 0 Å². The quantitative estimate of drug-likeness (QED) is 0.425. The molecule has 0 rings (SSSR count). The second-order valence-electron chi connectivity index (χ2n) is 3.29. The Bertz CT molecular complexity index is 121. The number of rotatable bonds is 5. The zero-order valence-electron chi connectivity index (χ0n) is 8.48. The van der Waals surface area contributed by atoms with Crippen molar-refractivity contribution in [3.63, 3.8) is 0 Å². The van der Waals surface area contributed by atoms with Gasteiger partial charge in [-0.15, -0.1) is 0 Å². The third-order valence-electron chi connectivity index (χ3n) is 1.91. The van der Waals surface area contributed by atoms with E-state index in [4.69, 9.17) is 0 Å². The molecule has 0 aromatic heterocycles. The third-order valence-corrected chi connectivity index (χ3v) is 1.91. The molecule has 1 nitrogen and oxygen atoms in total. The van der Waals surface area contributed by atoms with Crippen molar-refractivity contribution in [1.29, 1.82) is 0 Å². The van der Waals surface area contributed by atoms with Crippen LogP contribution in [0.5, 0.6) is 0 Å². The smallest absolute Gasteiger partial charge is 0.146 e. The van der Waals surface area contributed by atoms with Crippen LogP contribution in [0.2, 0.25) is 0 Å². The van der Waals surface area contributed by atoms with Gasteiger partial charge in [-0.3, -0.25) is 0 Å². The second-order valence-corrected chi connectivity index (χ2v) is 3.29. The molecule has 0 aliphatic rings. The summed E-state index contributed by atoms with van der Waals surface area (Å²) in [4.78, 5) is 0. The molecular formula is C10H22N+. The highest BCUT2D eigenvalue weighted by Gasteiger charge is 2.02. The largest absolute Gasteiger partial charge is 0.238 e. The van der Waals surface area contributed by atoms with Gasteiger partial charge in [0.25, 0.3) is 0 Å². The Morgan fingerprint density at radius 3 is 2.00 bits per heavy atom. The van der Waals surface area contributed by atoms with Crippen LogP contribution in [0.1, 0.15) is 47.0 Å². The summed E-state index contributed by atoms with van der Waals surface area (Å²) < 4.78 is 2.48. The Morgan fingerprint density at radius 2 is 1.64 bits per heavy atom. The molecule has 0 fully saturated rings. The second kappa shape index (κ2) is 6.38. The molecule has 0 aliphatic heterocycles. The summed E-state index contributed by atoms with van der Waals surface area (Å²) >= 11 is 0. The van der Waals surface area contributed by atoms with Crippen LogP contribution in [0.25, 0.3) is 0 Å². The summed E-state index contributed by atoms with van der Waals surface area (Å²) in [5.41, 5.74) is 1.46. The van der Waals surface area contributed by atoms with Crippen LogP contribution < -0.4 is 0 Å². The van der Waals surface area contributed by atoms with Crippen molar-refractivity contribution in [2.24, 2.45) is 0 Å². The van der Waals surface area contributed by atoms with Gasteiger partial charge in [-0.25, -0.2) is 4.58 Å². The molecule has 11 heavy (non-hydrogen) atoms. The van der Waals surface area contributed by atoms with Crippen molar-refractivity contribution in [3.8, 4) is 0 Å². The molecule has 0 radical (unpaired) electrons. The fourth-order valence-electron chi connectivity index (χ4n) is 1.18. The van der Waals surface area contributed by atoms with Gasteiger partial charge in [-0.05, 0) is 0 Å². The Hall–Kier alpha value is -0.330. The van der Waals surface area contributed by atoms with Gasteiger partial charge in [-0.2, -0.15) is 0 Å². The lowest BCUT2D eigenvalue weighted by Gasteiger charge is -2.02. The van der Waals surface area contributed by atoms with Crippen LogP contribution in [0.3, 0.4) is 0 Å². The summed E-state index contributed by atoms with van der Waals surface area (Å²) in [7, 11) is 0. The van der Waals surface area contributed by atoms with E-state index in [0.29, 0.717) is 0 Å². The van der Waals surface area contributed by atoms with Crippen LogP contribution in [-0.4, -0.2) is 23.4 Å². The fourth-order valence-corrected chi connectivity index (χ4v) is 1.18. The molecule has 0 saturated heterocycles. The number of unbranched alkanes of at least 4 members (excludes halogenated alkanes) is 1. The number of hydrogen-bond donors (Lipinski definition) is 0. The van der Waals surface area contributed by atoms with E-state index in [9.17, 15) is 0 Å². The molecule has 0 heterocycles. The van der Waals surface area contributed by atoms with Gasteiger partial charge in [0.05, 0.1) is 0 Å². The van der Waals surface area contributed by atoms with Crippen molar-refractivity contribution in [2.75, 3.05) is 13.1 Å². The Kier molecular flexibility index (Phi) is 6.19. The number of hydrogen-bond acceptors (Lipinski definition) is 0. The van der Waals surface area contributed by atoms with E-state index in [-0.39, 0.29) is 0 Å². The maximum Gasteiger partial charge on any atom is 0.146 e. The first-order valence-electron chi connectivity index (χ1n) is 4.77. The molecule has 0 atom stereocenters. The van der Waals surface area contributed by atoms with E-state index in [1.807, 2.05) is 0 Å². The van der Waals surface area contributed by atoms with Crippen molar-refractivity contribution in [2.45, 2.75) is 47.0 Å². The van der Waals surface area contributed by atoms with Gasteiger partial charge in [0, 0.05) is 26.7 Å². The SMILES string of the molecule is CCCC[N+](CCC)=C(C)C. The van der Waals surface area contributed by atoms with Crippen LogP contribution in [0.4, 0.5) is 0 Å². The normalized spacial score (nSPS) is 9.82.